The van der Waals surface area contributed by atoms with Crippen LogP contribution in [0.4, 0.5) is 4.39 Å². The first-order valence-corrected chi connectivity index (χ1v) is 6.33. The topological polar surface area (TPSA) is 17.1 Å². The van der Waals surface area contributed by atoms with Gasteiger partial charge in [0.05, 0.1) is 0 Å². The number of hydrogen-bond donors (Lipinski definition) is 0. The Morgan fingerprint density at radius 1 is 1.33 bits per heavy atom. The van der Waals surface area contributed by atoms with Crippen molar-refractivity contribution in [3.05, 3.63) is 29.6 Å². The Labute approximate surface area is 72.0 Å². The Morgan fingerprint density at radius 2 is 1.92 bits per heavy atom. The minimum Gasteiger partial charge on any atom is -0.319 e. The molecule has 0 aliphatic carbocycles. The normalized spacial score (nSPS) is 11.7. The van der Waals surface area contributed by atoms with Crippen molar-refractivity contribution in [1.82, 2.24) is 0 Å². The molecule has 0 fully saturated rings. The van der Waals surface area contributed by atoms with Crippen LogP contribution in [-0.4, -0.2) is 13.3 Å². The minimum absolute atomic E-state index is 0.341. The van der Waals surface area contributed by atoms with Crippen molar-refractivity contribution in [2.75, 3.05) is 13.3 Å². The van der Waals surface area contributed by atoms with E-state index in [0.29, 0.717) is 5.30 Å². The van der Waals surface area contributed by atoms with Crippen molar-refractivity contribution in [2.24, 2.45) is 0 Å². The molecule has 0 N–H and O–H groups in total. The maximum absolute atomic E-state index is 13.2. The molecular formula is C9H12FOP. The molecule has 66 valence electrons. The van der Waals surface area contributed by atoms with E-state index in [-0.39, 0.29) is 5.82 Å². The van der Waals surface area contributed by atoms with Gasteiger partial charge in [-0.05, 0) is 37.9 Å². The molecule has 0 bridgehead atoms. The summed E-state index contributed by atoms with van der Waals surface area (Å²) in [5, 5.41) is 0.341. The zero-order valence-electron chi connectivity index (χ0n) is 7.47. The van der Waals surface area contributed by atoms with Gasteiger partial charge < -0.3 is 4.57 Å². The van der Waals surface area contributed by atoms with E-state index in [1.54, 1.807) is 25.5 Å². The lowest BCUT2D eigenvalue weighted by molar-refractivity contribution is 0.584. The molecule has 0 aromatic heterocycles. The van der Waals surface area contributed by atoms with E-state index in [1.165, 1.54) is 6.07 Å². The molecule has 1 nitrogen and oxygen atoms in total. The summed E-state index contributed by atoms with van der Waals surface area (Å²) in [6.45, 7) is 4.95. The summed E-state index contributed by atoms with van der Waals surface area (Å²) >= 11 is 0. The molecule has 0 atom stereocenters. The van der Waals surface area contributed by atoms with E-state index in [2.05, 4.69) is 0 Å². The summed E-state index contributed by atoms with van der Waals surface area (Å²) < 4.78 is 24.7. The molecule has 0 aliphatic heterocycles. The van der Waals surface area contributed by atoms with Gasteiger partial charge in [-0.1, -0.05) is 6.07 Å². The summed E-state index contributed by atoms with van der Waals surface area (Å²) in [4.78, 5) is 0. The SMILES string of the molecule is Cc1ccc(P(C)(C)=O)c(F)c1. The summed E-state index contributed by atoms with van der Waals surface area (Å²) in [5.41, 5.74) is 0.852. The van der Waals surface area contributed by atoms with Crippen LogP contribution < -0.4 is 5.30 Å². The lowest BCUT2D eigenvalue weighted by atomic mass is 10.2. The monoisotopic (exact) mass is 186 g/mol. The number of hydrogen-bond acceptors (Lipinski definition) is 1. The molecule has 1 aromatic rings. The van der Waals surface area contributed by atoms with Gasteiger partial charge in [0.1, 0.15) is 13.0 Å². The van der Waals surface area contributed by atoms with Crippen molar-refractivity contribution in [1.29, 1.82) is 0 Å². The predicted molar refractivity (Wildman–Crippen MR) is 50.2 cm³/mol. The molecule has 0 spiro atoms. The summed E-state index contributed by atoms with van der Waals surface area (Å²) in [7, 11) is -2.45. The summed E-state index contributed by atoms with van der Waals surface area (Å²) in [6, 6.07) is 4.79. The van der Waals surface area contributed by atoms with Gasteiger partial charge >= 0.3 is 0 Å². The maximum Gasteiger partial charge on any atom is 0.134 e. The Morgan fingerprint density at radius 3 is 2.33 bits per heavy atom. The van der Waals surface area contributed by atoms with E-state index in [9.17, 15) is 8.96 Å². The third-order valence-corrected chi connectivity index (χ3v) is 3.21. The van der Waals surface area contributed by atoms with Gasteiger partial charge in [-0.3, -0.25) is 0 Å². The van der Waals surface area contributed by atoms with Crippen LogP contribution in [0.25, 0.3) is 0 Å². The predicted octanol–water partition coefficient (Wildman–Crippen LogP) is 2.38. The number of aryl methyl sites for hydroxylation is 1. The van der Waals surface area contributed by atoms with Crippen LogP contribution in [0.2, 0.25) is 0 Å². The first kappa shape index (κ1) is 9.47. The number of rotatable bonds is 1. The van der Waals surface area contributed by atoms with E-state index in [1.807, 2.05) is 6.92 Å². The average molecular weight is 186 g/mol. The first-order chi connectivity index (χ1) is 5.41. The largest absolute Gasteiger partial charge is 0.319 e. The smallest absolute Gasteiger partial charge is 0.134 e. The fourth-order valence-corrected chi connectivity index (χ4v) is 2.06. The quantitative estimate of drug-likeness (QED) is 0.615. The van der Waals surface area contributed by atoms with Crippen LogP contribution in [-0.2, 0) is 4.57 Å². The standard InChI is InChI=1S/C9H12FOP/c1-7-4-5-9(8(10)6-7)12(2,3)11/h4-6H,1-3H3. The first-order valence-electron chi connectivity index (χ1n) is 3.73. The van der Waals surface area contributed by atoms with Crippen molar-refractivity contribution >= 4 is 12.4 Å². The Balaban J connectivity index is 3.28. The van der Waals surface area contributed by atoms with Gasteiger partial charge in [-0.25, -0.2) is 4.39 Å². The van der Waals surface area contributed by atoms with Gasteiger partial charge in [0.2, 0.25) is 0 Å². The second-order valence-electron chi connectivity index (χ2n) is 3.31. The minimum atomic E-state index is -2.45. The fraction of sp³-hybridized carbons (Fsp3) is 0.333. The highest BCUT2D eigenvalue weighted by Crippen LogP contribution is 2.35. The van der Waals surface area contributed by atoms with Gasteiger partial charge in [-0.15, -0.1) is 0 Å². The van der Waals surface area contributed by atoms with Crippen molar-refractivity contribution in [3.8, 4) is 0 Å². The Kier molecular flexibility index (Phi) is 2.39. The number of halogens is 1. The molecule has 0 amide bonds. The van der Waals surface area contributed by atoms with Gasteiger partial charge in [-0.2, -0.15) is 0 Å². The number of benzene rings is 1. The van der Waals surface area contributed by atoms with Crippen LogP contribution in [0.3, 0.4) is 0 Å². The van der Waals surface area contributed by atoms with Crippen molar-refractivity contribution < 1.29 is 8.96 Å². The molecule has 1 aromatic carbocycles. The highest BCUT2D eigenvalue weighted by Gasteiger charge is 2.15. The molecular weight excluding hydrogens is 174 g/mol. The van der Waals surface area contributed by atoms with Gasteiger partial charge in [0.25, 0.3) is 0 Å². The van der Waals surface area contributed by atoms with Crippen molar-refractivity contribution in [2.45, 2.75) is 6.92 Å². The molecule has 1 rings (SSSR count). The lowest BCUT2D eigenvalue weighted by Gasteiger charge is -2.07. The highest BCUT2D eigenvalue weighted by atomic mass is 31.2. The Bertz CT molecular complexity index is 340. The van der Waals surface area contributed by atoms with Gasteiger partial charge in [0, 0.05) is 5.30 Å². The zero-order chi connectivity index (χ0) is 9.35. The molecule has 0 saturated heterocycles. The van der Waals surface area contributed by atoms with Crippen LogP contribution in [0, 0.1) is 12.7 Å². The van der Waals surface area contributed by atoms with Crippen molar-refractivity contribution in [3.63, 3.8) is 0 Å². The van der Waals surface area contributed by atoms with Gasteiger partial charge in [0.15, 0.2) is 0 Å². The van der Waals surface area contributed by atoms with E-state index in [0.717, 1.165) is 5.56 Å². The molecule has 3 heteroatoms. The van der Waals surface area contributed by atoms with Crippen LogP contribution in [0.5, 0.6) is 0 Å². The third-order valence-electron chi connectivity index (χ3n) is 1.68. The lowest BCUT2D eigenvalue weighted by Crippen LogP contribution is -2.08. The maximum atomic E-state index is 13.2. The molecule has 0 radical (unpaired) electrons. The second kappa shape index (κ2) is 3.02. The molecule has 12 heavy (non-hydrogen) atoms. The van der Waals surface area contributed by atoms with E-state index in [4.69, 9.17) is 0 Å². The third kappa shape index (κ3) is 1.95. The fourth-order valence-electron chi connectivity index (χ4n) is 1.05. The summed E-state index contributed by atoms with van der Waals surface area (Å²) in [6.07, 6.45) is 0. The molecule has 0 saturated carbocycles. The molecule has 0 unspecified atom stereocenters. The van der Waals surface area contributed by atoms with Crippen LogP contribution in [0.15, 0.2) is 18.2 Å². The molecule has 0 heterocycles. The average Bonchev–Trinajstić information content (AvgIpc) is 1.83. The Hall–Kier alpha value is -0.620. The highest BCUT2D eigenvalue weighted by molar-refractivity contribution is 7.70. The van der Waals surface area contributed by atoms with E-state index >= 15 is 0 Å². The van der Waals surface area contributed by atoms with E-state index < -0.39 is 7.14 Å². The molecule has 0 aliphatic rings. The van der Waals surface area contributed by atoms with Crippen LogP contribution in [0.1, 0.15) is 5.56 Å². The second-order valence-corrected chi connectivity index (χ2v) is 6.49. The zero-order valence-corrected chi connectivity index (χ0v) is 8.36. The van der Waals surface area contributed by atoms with Crippen LogP contribution >= 0.6 is 7.14 Å². The summed E-state index contributed by atoms with van der Waals surface area (Å²) in [5.74, 6) is -0.358.